The zero-order valence-electron chi connectivity index (χ0n) is 22.1. The van der Waals surface area contributed by atoms with Crippen LogP contribution in [0.15, 0.2) is 17.1 Å². The number of nitrogens with zero attached hydrogens (tertiary/aromatic N) is 3. The van der Waals surface area contributed by atoms with Crippen LogP contribution in [-0.4, -0.2) is 40.8 Å². The number of primary amides is 1. The van der Waals surface area contributed by atoms with Gasteiger partial charge in [-0.05, 0) is 86.6 Å². The summed E-state index contributed by atoms with van der Waals surface area (Å²) in [6.07, 6.45) is 9.38. The first-order chi connectivity index (χ1) is 18.2. The fraction of sp³-hybridized carbons (Fsp3) is 0.500. The van der Waals surface area contributed by atoms with Crippen LogP contribution < -0.4 is 34.0 Å². The summed E-state index contributed by atoms with van der Waals surface area (Å²) >= 11 is 5.80. The van der Waals surface area contributed by atoms with E-state index in [0.29, 0.717) is 19.4 Å². The quantitative estimate of drug-likeness (QED) is 0.147. The zero-order chi connectivity index (χ0) is 28.1. The Kier molecular flexibility index (Phi) is 12.7. The van der Waals surface area contributed by atoms with Gasteiger partial charge in [0.15, 0.2) is 28.4 Å². The Hall–Kier alpha value is -3.44. The molecule has 12 heteroatoms. The number of aliphatic imine (C=N–C) groups is 1. The van der Waals surface area contributed by atoms with E-state index in [1.807, 2.05) is 0 Å². The predicted octanol–water partition coefficient (Wildman–Crippen LogP) is 2.01. The van der Waals surface area contributed by atoms with Gasteiger partial charge in [0.25, 0.3) is 5.91 Å². The highest BCUT2D eigenvalue weighted by molar-refractivity contribution is 6.31. The van der Waals surface area contributed by atoms with E-state index in [1.54, 1.807) is 0 Å². The van der Waals surface area contributed by atoms with E-state index >= 15 is 0 Å². The van der Waals surface area contributed by atoms with Gasteiger partial charge in [-0.2, -0.15) is 0 Å². The van der Waals surface area contributed by atoms with Crippen molar-refractivity contribution in [3.63, 3.8) is 0 Å². The minimum absolute atomic E-state index is 0.0321. The Balaban J connectivity index is 0.00000118. The zero-order valence-corrected chi connectivity index (χ0v) is 22.8. The van der Waals surface area contributed by atoms with E-state index < -0.39 is 5.91 Å². The van der Waals surface area contributed by atoms with Crippen molar-refractivity contribution >= 4 is 41.0 Å². The Morgan fingerprint density at radius 1 is 1.00 bits per heavy atom. The lowest BCUT2D eigenvalue weighted by molar-refractivity contribution is -0.118. The third-order valence-corrected chi connectivity index (χ3v) is 6.43. The molecule has 208 valence electrons. The van der Waals surface area contributed by atoms with Gasteiger partial charge in [0.2, 0.25) is 5.91 Å². The van der Waals surface area contributed by atoms with Crippen LogP contribution in [0.5, 0.6) is 0 Å². The summed E-state index contributed by atoms with van der Waals surface area (Å²) in [5.74, 6) is -1.15. The second kappa shape index (κ2) is 15.7. The van der Waals surface area contributed by atoms with Gasteiger partial charge in [0.1, 0.15) is 0 Å². The van der Waals surface area contributed by atoms with Crippen LogP contribution in [0.4, 0.5) is 11.6 Å². The Morgan fingerprint density at radius 2 is 1.61 bits per heavy atom. The van der Waals surface area contributed by atoms with Crippen molar-refractivity contribution < 1.29 is 9.59 Å². The van der Waals surface area contributed by atoms with Crippen molar-refractivity contribution in [1.29, 1.82) is 0 Å². The number of aromatic nitrogens is 2. The van der Waals surface area contributed by atoms with Crippen molar-refractivity contribution in [1.82, 2.24) is 15.3 Å². The maximum atomic E-state index is 12.3. The molecule has 38 heavy (non-hydrogen) atoms. The molecule has 0 spiro atoms. The number of fused-ring (bicyclic) bond motifs is 1. The topological polar surface area (TPSA) is 214 Å². The standard InChI is InChI=1S/C23H31ClN8O2.C3H9N/c24-19-21(27)31-20(26)18(30-19)22(34)32-23(28)29-12-4-3-5-13-8-9-14(10-11-17(25)33)16-7-2-1-6-15(13)16;1-2-3-4/h8-9H,1-7,10-12H2,(H2,25,33)(H4,26,27,31)(H3,28,29,32,34);2-4H2,1H3. The third kappa shape index (κ3) is 9.46. The fourth-order valence-corrected chi connectivity index (χ4v) is 4.32. The van der Waals surface area contributed by atoms with Crippen LogP contribution in [-0.2, 0) is 30.5 Å². The van der Waals surface area contributed by atoms with Crippen molar-refractivity contribution in [3.05, 3.63) is 45.2 Å². The van der Waals surface area contributed by atoms with Crippen LogP contribution in [0.25, 0.3) is 0 Å². The average molecular weight is 546 g/mol. The number of halogens is 1. The molecule has 0 saturated heterocycles. The first-order valence-electron chi connectivity index (χ1n) is 13.0. The minimum atomic E-state index is -0.656. The molecule has 11 N–H and O–H groups in total. The Morgan fingerprint density at radius 3 is 2.18 bits per heavy atom. The van der Waals surface area contributed by atoms with E-state index in [2.05, 4.69) is 39.3 Å². The summed E-state index contributed by atoms with van der Waals surface area (Å²) in [4.78, 5) is 35.3. The van der Waals surface area contributed by atoms with Crippen molar-refractivity contribution in [2.45, 2.75) is 71.1 Å². The molecule has 0 unspecified atom stereocenters. The molecule has 0 saturated carbocycles. The number of nitrogen functional groups attached to an aromatic ring is 2. The van der Waals surface area contributed by atoms with Gasteiger partial charge in [-0.1, -0.05) is 30.7 Å². The number of carbonyl (C=O) groups is 2. The summed E-state index contributed by atoms with van der Waals surface area (Å²) in [5, 5.41) is 2.32. The van der Waals surface area contributed by atoms with Gasteiger partial charge >= 0.3 is 0 Å². The third-order valence-electron chi connectivity index (χ3n) is 6.16. The van der Waals surface area contributed by atoms with Gasteiger partial charge in [-0.15, -0.1) is 0 Å². The van der Waals surface area contributed by atoms with Gasteiger partial charge < -0.3 is 28.7 Å². The van der Waals surface area contributed by atoms with Crippen molar-refractivity contribution in [2.24, 2.45) is 22.2 Å². The number of carbonyl (C=O) groups excluding carboxylic acids is 2. The van der Waals surface area contributed by atoms with E-state index in [9.17, 15) is 9.59 Å². The smallest absolute Gasteiger partial charge is 0.280 e. The van der Waals surface area contributed by atoms with E-state index in [4.69, 9.17) is 40.3 Å². The largest absolute Gasteiger partial charge is 0.382 e. The van der Waals surface area contributed by atoms with Gasteiger partial charge in [-0.25, -0.2) is 9.97 Å². The summed E-state index contributed by atoms with van der Waals surface area (Å²) in [7, 11) is 0. The molecule has 1 aliphatic carbocycles. The molecule has 0 aliphatic heterocycles. The second-order valence-electron chi connectivity index (χ2n) is 9.11. The lowest BCUT2D eigenvalue weighted by Gasteiger charge is -2.23. The molecule has 2 aromatic rings. The molecule has 0 atom stereocenters. The summed E-state index contributed by atoms with van der Waals surface area (Å²) < 4.78 is 0. The Bertz CT molecular complexity index is 1140. The normalized spacial score (nSPS) is 12.8. The molecule has 2 amide bonds. The molecule has 1 heterocycles. The molecule has 0 bridgehead atoms. The molecule has 0 fully saturated rings. The highest BCUT2D eigenvalue weighted by atomic mass is 35.5. The first kappa shape index (κ1) is 30.8. The number of nitrogens with one attached hydrogen (secondary N) is 1. The maximum absolute atomic E-state index is 12.3. The number of anilines is 2. The van der Waals surface area contributed by atoms with Crippen LogP contribution in [0.1, 0.15) is 78.2 Å². The first-order valence-corrected chi connectivity index (χ1v) is 13.4. The Labute approximate surface area is 229 Å². The summed E-state index contributed by atoms with van der Waals surface area (Å²) in [5.41, 5.74) is 32.6. The highest BCUT2D eigenvalue weighted by Gasteiger charge is 2.18. The van der Waals surface area contributed by atoms with Crippen molar-refractivity contribution in [2.75, 3.05) is 24.6 Å². The number of hydrogen-bond donors (Lipinski definition) is 6. The van der Waals surface area contributed by atoms with Crippen LogP contribution in [0.2, 0.25) is 5.15 Å². The fourth-order valence-electron chi connectivity index (χ4n) is 4.19. The number of unbranched alkanes of at least 4 members (excludes halogenated alkanes) is 1. The monoisotopic (exact) mass is 545 g/mol. The molecule has 11 nitrogen and oxygen atoms in total. The van der Waals surface area contributed by atoms with Crippen molar-refractivity contribution in [3.8, 4) is 0 Å². The van der Waals surface area contributed by atoms with Crippen LogP contribution in [0, 0.1) is 0 Å². The SMILES string of the molecule is CCCN.NC(=O)CCc1ccc(CCCCN=C(N)NC(=O)c2nc(Cl)c(N)nc2N)c2c1CCCC2. The number of aryl methyl sites for hydroxylation is 2. The van der Waals surface area contributed by atoms with Crippen LogP contribution >= 0.6 is 11.6 Å². The number of nitrogens with two attached hydrogens (primary N) is 5. The van der Waals surface area contributed by atoms with Crippen LogP contribution in [0.3, 0.4) is 0 Å². The second-order valence-corrected chi connectivity index (χ2v) is 9.47. The number of amides is 2. The van der Waals surface area contributed by atoms with E-state index in [-0.39, 0.29) is 34.3 Å². The number of benzene rings is 1. The molecule has 1 aromatic carbocycles. The molecule has 1 aliphatic rings. The predicted molar refractivity (Wildman–Crippen MR) is 153 cm³/mol. The van der Waals surface area contributed by atoms with Gasteiger partial charge in [0, 0.05) is 13.0 Å². The number of guanidine groups is 1. The van der Waals surface area contributed by atoms with E-state index in [0.717, 1.165) is 45.1 Å². The number of rotatable bonds is 10. The molecule has 0 radical (unpaired) electrons. The number of hydrogen-bond acceptors (Lipinski definition) is 8. The van der Waals surface area contributed by atoms with E-state index in [1.165, 1.54) is 35.1 Å². The average Bonchev–Trinajstić information content (AvgIpc) is 2.89. The lowest BCUT2D eigenvalue weighted by atomic mass is 9.83. The molecular formula is C26H40ClN9O2. The maximum Gasteiger partial charge on any atom is 0.280 e. The highest BCUT2D eigenvalue weighted by Crippen LogP contribution is 2.29. The molecular weight excluding hydrogens is 506 g/mol. The minimum Gasteiger partial charge on any atom is -0.382 e. The van der Waals surface area contributed by atoms with Gasteiger partial charge in [0.05, 0.1) is 0 Å². The summed E-state index contributed by atoms with van der Waals surface area (Å²) in [6.45, 7) is 3.34. The van der Waals surface area contributed by atoms with Gasteiger partial charge in [-0.3, -0.25) is 19.9 Å². The lowest BCUT2D eigenvalue weighted by Crippen LogP contribution is -2.38. The molecule has 3 rings (SSSR count). The summed E-state index contributed by atoms with van der Waals surface area (Å²) in [6, 6.07) is 4.33. The molecule has 1 aromatic heterocycles.